The number of nitrogens with zero attached hydrogens (tertiary/aromatic N) is 2. The van der Waals surface area contributed by atoms with Crippen molar-refractivity contribution in [1.29, 1.82) is 0 Å². The summed E-state index contributed by atoms with van der Waals surface area (Å²) < 4.78 is 29.2. The zero-order chi connectivity index (χ0) is 22.6. The fourth-order valence-electron chi connectivity index (χ4n) is 3.28. The molecule has 1 aliphatic rings. The minimum Gasteiger partial charge on any atom is -0.454 e. The highest BCUT2D eigenvalue weighted by Gasteiger charge is 2.14. The average molecular weight is 443 g/mol. The molecule has 1 aliphatic heterocycles. The molecule has 1 amide bonds. The molecule has 4 aromatic rings. The quantitative estimate of drug-likeness (QED) is 0.464. The van der Waals surface area contributed by atoms with Crippen LogP contribution < -0.4 is 19.5 Å². The molecule has 33 heavy (non-hydrogen) atoms. The average Bonchev–Trinajstić information content (AvgIpc) is 3.33. The monoisotopic (exact) mass is 443 g/mol. The Morgan fingerprint density at radius 3 is 2.45 bits per heavy atom. The number of benzene rings is 3. The summed E-state index contributed by atoms with van der Waals surface area (Å²) in [4.78, 5) is 12.5. The number of aromatic nitrogens is 2. The first kappa shape index (κ1) is 20.4. The van der Waals surface area contributed by atoms with Crippen molar-refractivity contribution >= 4 is 5.91 Å². The lowest BCUT2D eigenvalue weighted by atomic mass is 10.1. The largest absolute Gasteiger partial charge is 0.454 e. The van der Waals surface area contributed by atoms with Gasteiger partial charge in [-0.3, -0.25) is 4.79 Å². The molecule has 0 atom stereocenters. The van der Waals surface area contributed by atoms with E-state index in [2.05, 4.69) is 15.5 Å². The van der Waals surface area contributed by atoms with Crippen molar-refractivity contribution in [2.45, 2.75) is 6.54 Å². The number of fused-ring (bicyclic) bond motifs is 1. The van der Waals surface area contributed by atoms with E-state index in [0.717, 1.165) is 11.1 Å². The van der Waals surface area contributed by atoms with Gasteiger partial charge >= 0.3 is 0 Å². The molecular weight excluding hydrogens is 425 g/mol. The van der Waals surface area contributed by atoms with Crippen LogP contribution in [0.25, 0.3) is 11.3 Å². The highest BCUT2D eigenvalue weighted by atomic mass is 19.1. The van der Waals surface area contributed by atoms with Crippen LogP contribution >= 0.6 is 0 Å². The van der Waals surface area contributed by atoms with Gasteiger partial charge in [-0.25, -0.2) is 4.39 Å². The molecule has 0 bridgehead atoms. The lowest BCUT2D eigenvalue weighted by Gasteiger charge is -2.08. The van der Waals surface area contributed by atoms with Gasteiger partial charge in [-0.2, -0.15) is 0 Å². The molecule has 0 fully saturated rings. The van der Waals surface area contributed by atoms with Gasteiger partial charge in [0.25, 0.3) is 5.91 Å². The molecule has 0 saturated carbocycles. The number of rotatable bonds is 6. The van der Waals surface area contributed by atoms with Gasteiger partial charge in [-0.15, -0.1) is 10.2 Å². The van der Waals surface area contributed by atoms with Gasteiger partial charge in [0.05, 0.1) is 5.69 Å². The summed E-state index contributed by atoms with van der Waals surface area (Å²) >= 11 is 0. The highest BCUT2D eigenvalue weighted by Crippen LogP contribution is 2.32. The Hall–Kier alpha value is -4.46. The third-order valence-electron chi connectivity index (χ3n) is 5.01. The van der Waals surface area contributed by atoms with E-state index in [-0.39, 0.29) is 18.5 Å². The Morgan fingerprint density at radius 2 is 1.70 bits per heavy atom. The number of nitrogens with one attached hydrogen (secondary N) is 1. The molecule has 0 spiro atoms. The molecule has 0 radical (unpaired) electrons. The SMILES string of the molecule is O=C(NCc1ccc2c(c1)OCO2)c1ccc(-c2ccc(Oc3ccc(F)cc3)nn2)cc1. The number of carbonyl (C=O) groups excluding carboxylic acids is 1. The highest BCUT2D eigenvalue weighted by molar-refractivity contribution is 5.94. The summed E-state index contributed by atoms with van der Waals surface area (Å²) in [7, 11) is 0. The van der Waals surface area contributed by atoms with Crippen LogP contribution in [0, 0.1) is 5.82 Å². The van der Waals surface area contributed by atoms with Gasteiger partial charge in [0, 0.05) is 23.7 Å². The predicted octanol–water partition coefficient (Wildman–Crippen LogP) is 4.73. The number of ether oxygens (including phenoxy) is 3. The molecular formula is C25H18FN3O4. The molecule has 1 aromatic heterocycles. The Bertz CT molecular complexity index is 1280. The molecule has 8 heteroatoms. The van der Waals surface area contributed by atoms with E-state index >= 15 is 0 Å². The smallest absolute Gasteiger partial charge is 0.251 e. The van der Waals surface area contributed by atoms with Crippen molar-refractivity contribution in [1.82, 2.24) is 15.5 Å². The van der Waals surface area contributed by atoms with Crippen LogP contribution in [0.15, 0.2) is 78.9 Å². The first-order valence-electron chi connectivity index (χ1n) is 10.2. The fourth-order valence-corrected chi connectivity index (χ4v) is 3.28. The Morgan fingerprint density at radius 1 is 0.909 bits per heavy atom. The van der Waals surface area contributed by atoms with Gasteiger partial charge in [0.2, 0.25) is 12.7 Å². The lowest BCUT2D eigenvalue weighted by Crippen LogP contribution is -2.22. The fraction of sp³-hybridized carbons (Fsp3) is 0.0800. The molecule has 0 unspecified atom stereocenters. The lowest BCUT2D eigenvalue weighted by molar-refractivity contribution is 0.0951. The maximum Gasteiger partial charge on any atom is 0.251 e. The van der Waals surface area contributed by atoms with E-state index < -0.39 is 0 Å². The number of halogens is 1. The van der Waals surface area contributed by atoms with Crippen LogP contribution in [0.3, 0.4) is 0 Å². The molecule has 164 valence electrons. The zero-order valence-corrected chi connectivity index (χ0v) is 17.3. The third kappa shape index (κ3) is 4.74. The van der Waals surface area contributed by atoms with Crippen LogP contribution in [0.1, 0.15) is 15.9 Å². The maximum absolute atomic E-state index is 13.0. The Kier molecular flexibility index (Phi) is 5.55. The van der Waals surface area contributed by atoms with E-state index in [0.29, 0.717) is 40.9 Å². The van der Waals surface area contributed by atoms with Crippen molar-refractivity contribution in [3.8, 4) is 34.4 Å². The van der Waals surface area contributed by atoms with Crippen molar-refractivity contribution in [3.63, 3.8) is 0 Å². The van der Waals surface area contributed by atoms with E-state index in [4.69, 9.17) is 14.2 Å². The zero-order valence-electron chi connectivity index (χ0n) is 17.3. The molecule has 0 saturated heterocycles. The number of hydrogen-bond acceptors (Lipinski definition) is 6. The second-order valence-corrected chi connectivity index (χ2v) is 7.26. The first-order valence-corrected chi connectivity index (χ1v) is 10.2. The van der Waals surface area contributed by atoms with Crippen LogP contribution in [0.4, 0.5) is 4.39 Å². The first-order chi connectivity index (χ1) is 16.1. The molecule has 1 N–H and O–H groups in total. The number of amides is 1. The Balaban J connectivity index is 1.20. The summed E-state index contributed by atoms with van der Waals surface area (Å²) in [6.07, 6.45) is 0. The molecule has 3 aromatic carbocycles. The van der Waals surface area contributed by atoms with Gasteiger partial charge < -0.3 is 19.5 Å². The van der Waals surface area contributed by atoms with Crippen LogP contribution in [-0.4, -0.2) is 22.9 Å². The van der Waals surface area contributed by atoms with E-state index in [1.165, 1.54) is 24.3 Å². The van der Waals surface area contributed by atoms with Crippen LogP contribution in [0.2, 0.25) is 0 Å². The van der Waals surface area contributed by atoms with Crippen molar-refractivity contribution in [2.24, 2.45) is 0 Å². The molecule has 0 aliphatic carbocycles. The van der Waals surface area contributed by atoms with Gasteiger partial charge in [0.1, 0.15) is 11.6 Å². The molecule has 7 nitrogen and oxygen atoms in total. The van der Waals surface area contributed by atoms with Gasteiger partial charge in [-0.05, 0) is 60.2 Å². The molecule has 5 rings (SSSR count). The second-order valence-electron chi connectivity index (χ2n) is 7.26. The summed E-state index contributed by atoms with van der Waals surface area (Å²) in [6.45, 7) is 0.587. The summed E-state index contributed by atoms with van der Waals surface area (Å²) in [5, 5.41) is 11.1. The van der Waals surface area contributed by atoms with E-state index in [1.807, 2.05) is 18.2 Å². The minimum absolute atomic E-state index is 0.187. The topological polar surface area (TPSA) is 82.6 Å². The summed E-state index contributed by atoms with van der Waals surface area (Å²) in [5.74, 6) is 1.63. The van der Waals surface area contributed by atoms with Crippen molar-refractivity contribution < 1.29 is 23.4 Å². The van der Waals surface area contributed by atoms with E-state index in [9.17, 15) is 9.18 Å². The van der Waals surface area contributed by atoms with E-state index in [1.54, 1.807) is 36.4 Å². The minimum atomic E-state index is -0.339. The summed E-state index contributed by atoms with van der Waals surface area (Å²) in [6, 6.07) is 21.7. The van der Waals surface area contributed by atoms with Crippen LogP contribution in [-0.2, 0) is 6.54 Å². The maximum atomic E-state index is 13.0. The third-order valence-corrected chi connectivity index (χ3v) is 5.01. The summed E-state index contributed by atoms with van der Waals surface area (Å²) in [5.41, 5.74) is 2.89. The Labute approximate surface area is 188 Å². The van der Waals surface area contributed by atoms with Gasteiger partial charge in [0.15, 0.2) is 11.5 Å². The number of hydrogen-bond donors (Lipinski definition) is 1. The molecule has 2 heterocycles. The van der Waals surface area contributed by atoms with Crippen LogP contribution in [0.5, 0.6) is 23.1 Å². The van der Waals surface area contributed by atoms with Gasteiger partial charge in [-0.1, -0.05) is 18.2 Å². The predicted molar refractivity (Wildman–Crippen MR) is 118 cm³/mol. The van der Waals surface area contributed by atoms with Crippen molar-refractivity contribution in [2.75, 3.05) is 6.79 Å². The van der Waals surface area contributed by atoms with Crippen molar-refractivity contribution in [3.05, 3.63) is 95.8 Å². The number of carbonyl (C=O) groups is 1. The standard InChI is InChI=1S/C25H18FN3O4/c26-19-6-8-20(9-7-19)33-24-12-10-21(28-29-24)17-2-4-18(5-3-17)25(30)27-14-16-1-11-22-23(13-16)32-15-31-22/h1-13H,14-15H2,(H,27,30). The second kappa shape index (κ2) is 8.96. The normalized spacial score (nSPS) is 11.8.